The van der Waals surface area contributed by atoms with Gasteiger partial charge in [-0.3, -0.25) is 0 Å². The lowest BCUT2D eigenvalue weighted by Gasteiger charge is -2.39. The molecule has 0 aromatic heterocycles. The molecule has 1 aliphatic rings. The molecule has 1 aromatic rings. The van der Waals surface area contributed by atoms with E-state index in [1.54, 1.807) is 18.2 Å². The van der Waals surface area contributed by atoms with Crippen LogP contribution in [0.2, 0.25) is 0 Å². The third kappa shape index (κ3) is 3.84. The smallest absolute Gasteiger partial charge is 0.337 e. The van der Waals surface area contributed by atoms with Gasteiger partial charge < -0.3 is 10.1 Å². The van der Waals surface area contributed by atoms with Crippen molar-refractivity contribution in [3.63, 3.8) is 0 Å². The highest BCUT2D eigenvalue weighted by Gasteiger charge is 2.32. The van der Waals surface area contributed by atoms with Crippen molar-refractivity contribution >= 4 is 17.3 Å². The van der Waals surface area contributed by atoms with Gasteiger partial charge >= 0.3 is 5.97 Å². The van der Waals surface area contributed by atoms with Crippen molar-refractivity contribution in [2.45, 2.75) is 46.1 Å². The maximum atomic E-state index is 11.7. The van der Waals surface area contributed by atoms with E-state index in [1.165, 1.54) is 13.5 Å². The van der Waals surface area contributed by atoms with Crippen LogP contribution in [0.4, 0.5) is 11.4 Å². The molecule has 22 heavy (non-hydrogen) atoms. The summed E-state index contributed by atoms with van der Waals surface area (Å²) in [6.45, 7) is 6.78. The lowest BCUT2D eigenvalue weighted by atomic mass is 9.70. The quantitative estimate of drug-likeness (QED) is 0.657. The number of hydrogen-bond acceptors (Lipinski definition) is 5. The van der Waals surface area contributed by atoms with Gasteiger partial charge in [0.2, 0.25) is 0 Å². The minimum atomic E-state index is -0.419. The number of methoxy groups -OCH3 is 1. The van der Waals surface area contributed by atoms with Gasteiger partial charge in [0.05, 0.1) is 18.4 Å². The van der Waals surface area contributed by atoms with E-state index in [4.69, 9.17) is 4.74 Å². The first-order valence-corrected chi connectivity index (χ1v) is 7.67. The van der Waals surface area contributed by atoms with E-state index >= 15 is 0 Å². The molecule has 5 nitrogen and oxygen atoms in total. The Kier molecular flexibility index (Phi) is 4.84. The Hall–Kier alpha value is -1.91. The molecule has 1 aromatic carbocycles. The van der Waals surface area contributed by atoms with Crippen LogP contribution in [-0.4, -0.2) is 19.1 Å². The van der Waals surface area contributed by atoms with Crippen LogP contribution in [0.15, 0.2) is 23.4 Å². The monoisotopic (exact) mass is 304 g/mol. The predicted molar refractivity (Wildman–Crippen MR) is 87.4 cm³/mol. The second-order valence-corrected chi connectivity index (χ2v) is 7.07. The lowest BCUT2D eigenvalue weighted by Crippen LogP contribution is -2.35. The fourth-order valence-corrected chi connectivity index (χ4v) is 3.65. The van der Waals surface area contributed by atoms with Gasteiger partial charge in [-0.25, -0.2) is 4.79 Å². The molecular weight excluding hydrogens is 280 g/mol. The number of ether oxygens (including phenoxy) is 1. The average Bonchev–Trinajstić information content (AvgIpc) is 2.44. The summed E-state index contributed by atoms with van der Waals surface area (Å²) in [5.41, 5.74) is 1.61. The maximum absolute atomic E-state index is 11.7. The first-order valence-electron chi connectivity index (χ1n) is 7.67. The third-order valence-electron chi connectivity index (χ3n) is 4.26. The van der Waals surface area contributed by atoms with Gasteiger partial charge in [-0.05, 0) is 54.0 Å². The van der Waals surface area contributed by atoms with E-state index in [1.807, 2.05) is 0 Å². The SMILES string of the molecule is COC(=O)c1ccc(N=O)c(NC2CC(C)CC(C)(C)C2)c1. The molecule has 1 saturated carbocycles. The largest absolute Gasteiger partial charge is 0.465 e. The number of hydrogen-bond donors (Lipinski definition) is 1. The Morgan fingerprint density at radius 3 is 2.68 bits per heavy atom. The minimum absolute atomic E-state index is 0.268. The summed E-state index contributed by atoms with van der Waals surface area (Å²) in [5, 5.41) is 6.46. The van der Waals surface area contributed by atoms with E-state index in [-0.39, 0.29) is 11.5 Å². The Morgan fingerprint density at radius 2 is 2.09 bits per heavy atom. The number of rotatable bonds is 4. The van der Waals surface area contributed by atoms with Crippen molar-refractivity contribution in [2.75, 3.05) is 12.4 Å². The maximum Gasteiger partial charge on any atom is 0.337 e. The molecule has 0 spiro atoms. The molecule has 2 atom stereocenters. The van der Waals surface area contributed by atoms with Crippen LogP contribution in [0.3, 0.4) is 0 Å². The predicted octanol–water partition coefficient (Wildman–Crippen LogP) is 4.50. The van der Waals surface area contributed by atoms with Crippen molar-refractivity contribution in [1.29, 1.82) is 0 Å². The normalized spacial score (nSPS) is 23.6. The van der Waals surface area contributed by atoms with Gasteiger partial charge in [-0.1, -0.05) is 20.8 Å². The summed E-state index contributed by atoms with van der Waals surface area (Å²) in [4.78, 5) is 22.7. The van der Waals surface area contributed by atoms with Crippen LogP contribution in [0.5, 0.6) is 0 Å². The van der Waals surface area contributed by atoms with Crippen LogP contribution >= 0.6 is 0 Å². The molecule has 1 fully saturated rings. The molecule has 2 unspecified atom stereocenters. The van der Waals surface area contributed by atoms with Crippen LogP contribution < -0.4 is 5.32 Å². The van der Waals surface area contributed by atoms with Crippen LogP contribution in [0.25, 0.3) is 0 Å². The second-order valence-electron chi connectivity index (χ2n) is 7.07. The van der Waals surface area contributed by atoms with Gasteiger partial charge in [0.25, 0.3) is 0 Å². The number of carbonyl (C=O) groups is 1. The van der Waals surface area contributed by atoms with E-state index < -0.39 is 5.97 Å². The molecule has 0 saturated heterocycles. The number of nitrogens with zero attached hydrogens (tertiary/aromatic N) is 1. The number of carbonyl (C=O) groups excluding carboxylic acids is 1. The second kappa shape index (κ2) is 6.46. The zero-order chi connectivity index (χ0) is 16.3. The van der Waals surface area contributed by atoms with Gasteiger partial charge in [0.15, 0.2) is 0 Å². The zero-order valence-corrected chi connectivity index (χ0v) is 13.7. The Balaban J connectivity index is 2.23. The third-order valence-corrected chi connectivity index (χ3v) is 4.26. The van der Waals surface area contributed by atoms with E-state index in [2.05, 4.69) is 31.3 Å². The average molecular weight is 304 g/mol. The van der Waals surface area contributed by atoms with Crippen molar-refractivity contribution in [2.24, 2.45) is 16.5 Å². The number of nitrogens with one attached hydrogen (secondary N) is 1. The molecule has 0 amide bonds. The van der Waals surface area contributed by atoms with Gasteiger partial charge in [0.1, 0.15) is 5.69 Å². The first kappa shape index (κ1) is 16.5. The molecule has 5 heteroatoms. The highest BCUT2D eigenvalue weighted by Crippen LogP contribution is 2.40. The highest BCUT2D eigenvalue weighted by atomic mass is 16.5. The molecule has 0 radical (unpaired) electrons. The Morgan fingerprint density at radius 1 is 1.36 bits per heavy atom. The molecule has 1 N–H and O–H groups in total. The molecule has 1 aliphatic carbocycles. The van der Waals surface area contributed by atoms with Crippen molar-refractivity contribution in [3.05, 3.63) is 28.7 Å². The van der Waals surface area contributed by atoms with E-state index in [9.17, 15) is 9.70 Å². The summed E-state index contributed by atoms with van der Waals surface area (Å²) < 4.78 is 4.73. The summed E-state index contributed by atoms with van der Waals surface area (Å²) in [6, 6.07) is 5.03. The molecular formula is C17H24N2O3. The topological polar surface area (TPSA) is 67.8 Å². The number of esters is 1. The first-order chi connectivity index (χ1) is 10.3. The fourth-order valence-electron chi connectivity index (χ4n) is 3.65. The molecule has 2 rings (SSSR count). The minimum Gasteiger partial charge on any atom is -0.465 e. The standard InChI is InChI=1S/C17H24N2O3/c1-11-7-13(10-17(2,3)9-11)18-15-8-12(16(20)22-4)5-6-14(15)19-21/h5-6,8,11,13,18H,7,9-10H2,1-4H3. The number of nitroso groups, excluding NO2 is 1. The van der Waals surface area contributed by atoms with Crippen molar-refractivity contribution in [1.82, 2.24) is 0 Å². The van der Waals surface area contributed by atoms with Gasteiger partial charge in [-0.2, -0.15) is 0 Å². The molecule has 120 valence electrons. The van der Waals surface area contributed by atoms with Crippen molar-refractivity contribution < 1.29 is 9.53 Å². The van der Waals surface area contributed by atoms with Crippen LogP contribution in [-0.2, 0) is 4.74 Å². The van der Waals surface area contributed by atoms with Gasteiger partial charge in [-0.15, -0.1) is 4.91 Å². The number of anilines is 1. The summed E-state index contributed by atoms with van der Waals surface area (Å²) >= 11 is 0. The summed E-state index contributed by atoms with van der Waals surface area (Å²) in [7, 11) is 1.34. The van der Waals surface area contributed by atoms with Crippen molar-refractivity contribution in [3.8, 4) is 0 Å². The Labute approximate surface area is 131 Å². The van der Waals surface area contributed by atoms with Crippen LogP contribution in [0, 0.1) is 16.2 Å². The number of benzene rings is 1. The lowest BCUT2D eigenvalue weighted by molar-refractivity contribution is 0.0600. The highest BCUT2D eigenvalue weighted by molar-refractivity contribution is 5.91. The van der Waals surface area contributed by atoms with E-state index in [0.717, 1.165) is 12.8 Å². The molecule has 0 bridgehead atoms. The Bertz CT molecular complexity index is 569. The van der Waals surface area contributed by atoms with Crippen LogP contribution in [0.1, 0.15) is 50.4 Å². The zero-order valence-electron chi connectivity index (χ0n) is 13.7. The summed E-state index contributed by atoms with van der Waals surface area (Å²) in [6.07, 6.45) is 3.27. The van der Waals surface area contributed by atoms with E-state index in [0.29, 0.717) is 22.9 Å². The summed E-state index contributed by atoms with van der Waals surface area (Å²) in [5.74, 6) is 0.204. The van der Waals surface area contributed by atoms with Gasteiger partial charge in [0, 0.05) is 6.04 Å². The molecule has 0 aliphatic heterocycles. The molecule has 0 heterocycles. The fraction of sp³-hybridized carbons (Fsp3) is 0.588.